The predicted molar refractivity (Wildman–Crippen MR) is 110 cm³/mol. The summed E-state index contributed by atoms with van der Waals surface area (Å²) in [5.74, 6) is 0.307. The Morgan fingerprint density at radius 1 is 1.12 bits per heavy atom. The van der Waals surface area contributed by atoms with Gasteiger partial charge < -0.3 is 10.1 Å². The maximum atomic E-state index is 12.2. The molecular formula is C18H13Br3N2O2. The molecule has 2 aromatic carbocycles. The molecule has 3 aromatic rings. The van der Waals surface area contributed by atoms with E-state index in [4.69, 9.17) is 4.74 Å². The summed E-state index contributed by atoms with van der Waals surface area (Å²) in [5.41, 5.74) is 2.47. The van der Waals surface area contributed by atoms with E-state index in [1.807, 2.05) is 43.3 Å². The van der Waals surface area contributed by atoms with Crippen molar-refractivity contribution in [3.63, 3.8) is 0 Å². The van der Waals surface area contributed by atoms with E-state index in [2.05, 4.69) is 58.1 Å². The van der Waals surface area contributed by atoms with E-state index in [9.17, 15) is 4.79 Å². The number of carbonyl (C=O) groups is 1. The average molecular weight is 529 g/mol. The van der Waals surface area contributed by atoms with Crippen LogP contribution < -0.4 is 10.1 Å². The van der Waals surface area contributed by atoms with Gasteiger partial charge in [0.1, 0.15) is 5.52 Å². The first-order valence-corrected chi connectivity index (χ1v) is 9.75. The lowest BCUT2D eigenvalue weighted by molar-refractivity contribution is -0.118. The molecular weight excluding hydrogens is 516 g/mol. The van der Waals surface area contributed by atoms with Crippen LogP contribution in [0.25, 0.3) is 10.9 Å². The van der Waals surface area contributed by atoms with Gasteiger partial charge in [-0.05, 0) is 58.7 Å². The Hall–Kier alpha value is -1.44. The van der Waals surface area contributed by atoms with Gasteiger partial charge in [-0.2, -0.15) is 0 Å². The summed E-state index contributed by atoms with van der Waals surface area (Å²) in [4.78, 5) is 16.6. The van der Waals surface area contributed by atoms with Gasteiger partial charge in [-0.25, -0.2) is 0 Å². The molecule has 0 saturated carbocycles. The second kappa shape index (κ2) is 7.85. The first-order chi connectivity index (χ1) is 12.0. The van der Waals surface area contributed by atoms with Gasteiger partial charge in [0.15, 0.2) is 12.4 Å². The number of halogens is 3. The van der Waals surface area contributed by atoms with Gasteiger partial charge in [-0.3, -0.25) is 9.78 Å². The number of amides is 1. The minimum atomic E-state index is -0.236. The van der Waals surface area contributed by atoms with Crippen LogP contribution >= 0.6 is 47.8 Å². The fourth-order valence-corrected chi connectivity index (χ4v) is 3.98. The summed E-state index contributed by atoms with van der Waals surface area (Å²) in [7, 11) is 0. The molecule has 0 spiro atoms. The molecule has 0 aliphatic carbocycles. The zero-order valence-electron chi connectivity index (χ0n) is 13.1. The molecule has 0 radical (unpaired) electrons. The summed E-state index contributed by atoms with van der Waals surface area (Å²) < 4.78 is 8.38. The van der Waals surface area contributed by atoms with Crippen LogP contribution in [0, 0.1) is 6.92 Å². The van der Waals surface area contributed by atoms with Crippen molar-refractivity contribution in [1.82, 2.24) is 4.98 Å². The molecule has 1 aromatic heterocycles. The third kappa shape index (κ3) is 4.22. The van der Waals surface area contributed by atoms with Gasteiger partial charge in [0, 0.05) is 26.2 Å². The van der Waals surface area contributed by atoms with Crippen LogP contribution in [0.15, 0.2) is 56.0 Å². The van der Waals surface area contributed by atoms with Gasteiger partial charge in [0.25, 0.3) is 5.91 Å². The number of nitrogens with one attached hydrogen (secondary N) is 1. The zero-order chi connectivity index (χ0) is 18.0. The minimum Gasteiger partial charge on any atom is -0.480 e. The standard InChI is InChI=1S/C18H13Br3N2O2/c1-10-7-11(4-5-13(10)19)23-16(24)9-25-18-15(21)8-14(20)12-3-2-6-22-17(12)18/h2-8H,9H2,1H3,(H,23,24). The fourth-order valence-electron chi connectivity index (χ4n) is 2.34. The van der Waals surface area contributed by atoms with E-state index in [0.29, 0.717) is 11.3 Å². The maximum absolute atomic E-state index is 12.2. The monoisotopic (exact) mass is 526 g/mol. The van der Waals surface area contributed by atoms with Crippen LogP contribution in [-0.2, 0) is 4.79 Å². The molecule has 0 aliphatic rings. The maximum Gasteiger partial charge on any atom is 0.262 e. The number of aromatic nitrogens is 1. The quantitative estimate of drug-likeness (QED) is 0.462. The third-order valence-corrected chi connectivity index (χ3v) is 5.67. The molecule has 1 heterocycles. The minimum absolute atomic E-state index is 0.110. The molecule has 3 rings (SSSR count). The second-order valence-corrected chi connectivity index (χ2v) is 7.93. The Morgan fingerprint density at radius 3 is 2.68 bits per heavy atom. The summed E-state index contributed by atoms with van der Waals surface area (Å²) in [5, 5.41) is 3.75. The van der Waals surface area contributed by atoms with Crippen LogP contribution in [0.5, 0.6) is 5.75 Å². The number of anilines is 1. The van der Waals surface area contributed by atoms with Crippen molar-refractivity contribution in [2.75, 3.05) is 11.9 Å². The lowest BCUT2D eigenvalue weighted by Crippen LogP contribution is -2.20. The van der Waals surface area contributed by atoms with Crippen molar-refractivity contribution in [2.45, 2.75) is 6.92 Å². The van der Waals surface area contributed by atoms with Gasteiger partial charge >= 0.3 is 0 Å². The number of hydrogen-bond acceptors (Lipinski definition) is 3. The van der Waals surface area contributed by atoms with Crippen LogP contribution in [-0.4, -0.2) is 17.5 Å². The SMILES string of the molecule is Cc1cc(NC(=O)COc2c(Br)cc(Br)c3cccnc23)ccc1Br. The normalized spacial score (nSPS) is 10.7. The Balaban J connectivity index is 1.76. The molecule has 1 N–H and O–H groups in total. The number of hydrogen-bond donors (Lipinski definition) is 1. The smallest absolute Gasteiger partial charge is 0.262 e. The van der Waals surface area contributed by atoms with Crippen LogP contribution in [0.3, 0.4) is 0 Å². The fraction of sp³-hybridized carbons (Fsp3) is 0.111. The highest BCUT2D eigenvalue weighted by Gasteiger charge is 2.13. The number of nitrogens with zero attached hydrogens (tertiary/aromatic N) is 1. The average Bonchev–Trinajstić information content (AvgIpc) is 2.58. The Labute approximate surface area is 170 Å². The molecule has 7 heteroatoms. The van der Waals surface area contributed by atoms with Gasteiger partial charge in [-0.1, -0.05) is 37.9 Å². The highest BCUT2D eigenvalue weighted by atomic mass is 79.9. The molecule has 0 bridgehead atoms. The Morgan fingerprint density at radius 2 is 1.92 bits per heavy atom. The number of pyridine rings is 1. The lowest BCUT2D eigenvalue weighted by Gasteiger charge is -2.12. The van der Waals surface area contributed by atoms with Crippen molar-refractivity contribution in [3.8, 4) is 5.75 Å². The molecule has 0 unspecified atom stereocenters. The number of ether oxygens (including phenoxy) is 1. The van der Waals surface area contributed by atoms with Crippen molar-refractivity contribution in [3.05, 3.63) is 61.6 Å². The number of benzene rings is 2. The second-order valence-electron chi connectivity index (χ2n) is 5.37. The van der Waals surface area contributed by atoms with Gasteiger partial charge in [0.05, 0.1) is 4.47 Å². The van der Waals surface area contributed by atoms with Crippen LogP contribution in [0.1, 0.15) is 5.56 Å². The zero-order valence-corrected chi connectivity index (χ0v) is 17.9. The first-order valence-electron chi connectivity index (χ1n) is 7.37. The summed E-state index contributed by atoms with van der Waals surface area (Å²) >= 11 is 10.4. The van der Waals surface area contributed by atoms with Crippen molar-refractivity contribution in [1.29, 1.82) is 0 Å². The molecule has 0 atom stereocenters. The Kier molecular flexibility index (Phi) is 5.76. The molecule has 128 valence electrons. The molecule has 0 aliphatic heterocycles. The van der Waals surface area contributed by atoms with Gasteiger partial charge in [0.2, 0.25) is 0 Å². The van der Waals surface area contributed by atoms with Gasteiger partial charge in [-0.15, -0.1) is 0 Å². The lowest BCUT2D eigenvalue weighted by atomic mass is 10.2. The van der Waals surface area contributed by atoms with E-state index in [1.54, 1.807) is 6.20 Å². The van der Waals surface area contributed by atoms with Crippen molar-refractivity contribution >= 4 is 70.3 Å². The third-order valence-electron chi connectivity index (χ3n) is 3.54. The van der Waals surface area contributed by atoms with E-state index >= 15 is 0 Å². The van der Waals surface area contributed by atoms with E-state index in [1.165, 1.54) is 0 Å². The first kappa shape index (κ1) is 18.4. The van der Waals surface area contributed by atoms with Crippen LogP contribution in [0.2, 0.25) is 0 Å². The Bertz CT molecular complexity index is 960. The number of carbonyl (C=O) groups excluding carboxylic acids is 1. The van der Waals surface area contributed by atoms with Crippen molar-refractivity contribution < 1.29 is 9.53 Å². The number of fused-ring (bicyclic) bond motifs is 1. The summed E-state index contributed by atoms with van der Waals surface area (Å²) in [6, 6.07) is 11.3. The summed E-state index contributed by atoms with van der Waals surface area (Å²) in [6.45, 7) is 1.86. The van der Waals surface area contributed by atoms with Crippen LogP contribution in [0.4, 0.5) is 5.69 Å². The van der Waals surface area contributed by atoms with E-state index < -0.39 is 0 Å². The molecule has 0 saturated heterocycles. The largest absolute Gasteiger partial charge is 0.480 e. The van der Waals surface area contributed by atoms with E-state index in [0.717, 1.165) is 30.1 Å². The van der Waals surface area contributed by atoms with Crippen molar-refractivity contribution in [2.24, 2.45) is 0 Å². The highest BCUT2D eigenvalue weighted by molar-refractivity contribution is 9.11. The highest BCUT2D eigenvalue weighted by Crippen LogP contribution is 2.37. The molecule has 0 fully saturated rings. The molecule has 4 nitrogen and oxygen atoms in total. The topological polar surface area (TPSA) is 51.2 Å². The molecule has 1 amide bonds. The number of aryl methyl sites for hydroxylation is 1. The van der Waals surface area contributed by atoms with E-state index in [-0.39, 0.29) is 12.5 Å². The molecule has 25 heavy (non-hydrogen) atoms. The summed E-state index contributed by atoms with van der Waals surface area (Å²) in [6.07, 6.45) is 1.69. The number of rotatable bonds is 4. The predicted octanol–water partition coefficient (Wildman–Crippen LogP) is 5.85.